The molecule has 0 saturated carbocycles. The minimum absolute atomic E-state index is 0.760. The first-order chi connectivity index (χ1) is 9.20. The van der Waals surface area contributed by atoms with Gasteiger partial charge in [-0.3, -0.25) is 4.57 Å². The molecule has 0 bridgehead atoms. The van der Waals surface area contributed by atoms with Gasteiger partial charge in [0, 0.05) is 35.7 Å². The minimum atomic E-state index is 0.760. The molecule has 0 saturated heterocycles. The number of rotatable bonds is 6. The molecule has 0 aliphatic carbocycles. The van der Waals surface area contributed by atoms with Gasteiger partial charge in [0.05, 0.1) is 5.69 Å². The molecule has 5 heteroatoms. The number of aromatic nitrogens is 2. The van der Waals surface area contributed by atoms with Crippen LogP contribution in [0.4, 0.5) is 5.95 Å². The van der Waals surface area contributed by atoms with Gasteiger partial charge in [-0.1, -0.05) is 0 Å². The van der Waals surface area contributed by atoms with Crippen molar-refractivity contribution in [3.05, 3.63) is 39.7 Å². The summed E-state index contributed by atoms with van der Waals surface area (Å²) >= 11 is 2.31. The van der Waals surface area contributed by atoms with Crippen LogP contribution in [0.15, 0.2) is 30.5 Å². The molecule has 0 unspecified atom stereocenters. The van der Waals surface area contributed by atoms with Gasteiger partial charge >= 0.3 is 0 Å². The minimum Gasteiger partial charge on any atom is -0.385 e. The molecule has 1 aromatic heterocycles. The lowest BCUT2D eigenvalue weighted by atomic mass is 10.3. The van der Waals surface area contributed by atoms with E-state index < -0.39 is 0 Å². The normalized spacial score (nSPS) is 10.7. The lowest BCUT2D eigenvalue weighted by molar-refractivity contribution is 0.197. The molecule has 1 N–H and O–H groups in total. The molecule has 0 atom stereocenters. The van der Waals surface area contributed by atoms with Crippen LogP contribution in [0.25, 0.3) is 5.69 Å². The van der Waals surface area contributed by atoms with Crippen LogP contribution in [0.3, 0.4) is 0 Å². The summed E-state index contributed by atoms with van der Waals surface area (Å²) in [6, 6.07) is 8.40. The fraction of sp³-hybridized carbons (Fsp3) is 0.357. The molecule has 0 aliphatic rings. The maximum absolute atomic E-state index is 5.04. The van der Waals surface area contributed by atoms with Crippen molar-refractivity contribution in [3.63, 3.8) is 0 Å². The SMILES string of the molecule is COCCCNc1nc(C)cn1-c1ccc(I)cc1. The lowest BCUT2D eigenvalue weighted by Crippen LogP contribution is -2.09. The molecule has 102 valence electrons. The van der Waals surface area contributed by atoms with Crippen molar-refractivity contribution in [2.24, 2.45) is 0 Å². The van der Waals surface area contributed by atoms with Crippen LogP contribution >= 0.6 is 22.6 Å². The van der Waals surface area contributed by atoms with Crippen LogP contribution in [0.1, 0.15) is 12.1 Å². The number of methoxy groups -OCH3 is 1. The average molecular weight is 371 g/mol. The Kier molecular flexibility index (Phi) is 5.21. The molecular formula is C14H18IN3O. The predicted octanol–water partition coefficient (Wildman–Crippen LogP) is 3.23. The van der Waals surface area contributed by atoms with Crippen LogP contribution in [0.2, 0.25) is 0 Å². The number of halogens is 1. The van der Waals surface area contributed by atoms with Gasteiger partial charge in [-0.15, -0.1) is 0 Å². The Bertz CT molecular complexity index is 522. The van der Waals surface area contributed by atoms with Crippen molar-refractivity contribution in [1.29, 1.82) is 0 Å². The fourth-order valence-electron chi connectivity index (χ4n) is 1.84. The van der Waals surface area contributed by atoms with Crippen LogP contribution in [0, 0.1) is 10.5 Å². The van der Waals surface area contributed by atoms with E-state index in [-0.39, 0.29) is 0 Å². The van der Waals surface area contributed by atoms with Crippen molar-refractivity contribution in [2.45, 2.75) is 13.3 Å². The average Bonchev–Trinajstić information content (AvgIpc) is 2.77. The van der Waals surface area contributed by atoms with E-state index >= 15 is 0 Å². The molecule has 0 amide bonds. The van der Waals surface area contributed by atoms with Crippen molar-refractivity contribution in [2.75, 3.05) is 25.6 Å². The molecular weight excluding hydrogens is 353 g/mol. The topological polar surface area (TPSA) is 39.1 Å². The molecule has 4 nitrogen and oxygen atoms in total. The number of hydrogen-bond donors (Lipinski definition) is 1. The second-order valence-corrected chi connectivity index (χ2v) is 5.57. The van der Waals surface area contributed by atoms with Crippen molar-refractivity contribution in [1.82, 2.24) is 9.55 Å². The maximum atomic E-state index is 5.04. The summed E-state index contributed by atoms with van der Waals surface area (Å²) < 4.78 is 8.36. The Morgan fingerprint density at radius 3 is 2.74 bits per heavy atom. The largest absolute Gasteiger partial charge is 0.385 e. The first kappa shape index (κ1) is 14.3. The molecule has 1 aromatic carbocycles. The highest BCUT2D eigenvalue weighted by Gasteiger charge is 2.06. The number of hydrogen-bond acceptors (Lipinski definition) is 3. The highest BCUT2D eigenvalue weighted by Crippen LogP contribution is 2.17. The molecule has 0 radical (unpaired) electrons. The Morgan fingerprint density at radius 1 is 1.32 bits per heavy atom. The van der Waals surface area contributed by atoms with Gasteiger partial charge in [-0.25, -0.2) is 4.98 Å². The Morgan fingerprint density at radius 2 is 2.05 bits per heavy atom. The van der Waals surface area contributed by atoms with Gasteiger partial charge < -0.3 is 10.1 Å². The third-order valence-electron chi connectivity index (χ3n) is 2.74. The standard InChI is InChI=1S/C14H18IN3O/c1-11-10-18(13-6-4-12(15)5-7-13)14(17-11)16-8-3-9-19-2/h4-7,10H,3,8-9H2,1-2H3,(H,16,17). The summed E-state index contributed by atoms with van der Waals surface area (Å²) in [6.07, 6.45) is 3.01. The number of aryl methyl sites for hydroxylation is 1. The van der Waals surface area contributed by atoms with Crippen LogP contribution in [0.5, 0.6) is 0 Å². The molecule has 1 heterocycles. The molecule has 0 spiro atoms. The van der Waals surface area contributed by atoms with Crippen molar-refractivity contribution >= 4 is 28.5 Å². The van der Waals surface area contributed by atoms with E-state index in [9.17, 15) is 0 Å². The van der Waals surface area contributed by atoms with Crippen LogP contribution in [-0.4, -0.2) is 29.8 Å². The highest BCUT2D eigenvalue weighted by atomic mass is 127. The summed E-state index contributed by atoms with van der Waals surface area (Å²) in [7, 11) is 1.72. The second kappa shape index (κ2) is 6.91. The van der Waals surface area contributed by atoms with Gasteiger partial charge in [-0.2, -0.15) is 0 Å². The van der Waals surface area contributed by atoms with E-state index in [0.717, 1.165) is 36.9 Å². The van der Waals surface area contributed by atoms with E-state index in [1.54, 1.807) is 7.11 Å². The summed E-state index contributed by atoms with van der Waals surface area (Å²) in [4.78, 5) is 4.52. The van der Waals surface area contributed by atoms with Gasteiger partial charge in [-0.05, 0) is 60.2 Å². The lowest BCUT2D eigenvalue weighted by Gasteiger charge is -2.09. The van der Waals surface area contributed by atoms with E-state index in [4.69, 9.17) is 4.74 Å². The Hall–Kier alpha value is -1.08. The first-order valence-corrected chi connectivity index (χ1v) is 7.33. The Balaban J connectivity index is 2.13. The zero-order chi connectivity index (χ0) is 13.7. The number of anilines is 1. The Labute approximate surface area is 127 Å². The number of nitrogens with zero attached hydrogens (tertiary/aromatic N) is 2. The molecule has 0 fully saturated rings. The summed E-state index contributed by atoms with van der Waals surface area (Å²) in [5.41, 5.74) is 2.13. The van der Waals surface area contributed by atoms with E-state index in [2.05, 4.69) is 61.7 Å². The fourth-order valence-corrected chi connectivity index (χ4v) is 2.20. The van der Waals surface area contributed by atoms with E-state index in [1.807, 2.05) is 13.1 Å². The number of benzene rings is 1. The maximum Gasteiger partial charge on any atom is 0.207 e. The second-order valence-electron chi connectivity index (χ2n) is 4.33. The third kappa shape index (κ3) is 3.94. The molecule has 2 rings (SSSR count). The van der Waals surface area contributed by atoms with Crippen LogP contribution in [-0.2, 0) is 4.74 Å². The summed E-state index contributed by atoms with van der Waals surface area (Å²) in [6.45, 7) is 3.62. The van der Waals surface area contributed by atoms with Crippen molar-refractivity contribution < 1.29 is 4.74 Å². The highest BCUT2D eigenvalue weighted by molar-refractivity contribution is 14.1. The smallest absolute Gasteiger partial charge is 0.207 e. The van der Waals surface area contributed by atoms with Crippen molar-refractivity contribution in [3.8, 4) is 5.69 Å². The van der Waals surface area contributed by atoms with Gasteiger partial charge in [0.15, 0.2) is 0 Å². The quantitative estimate of drug-likeness (QED) is 0.626. The zero-order valence-electron chi connectivity index (χ0n) is 11.2. The summed E-state index contributed by atoms with van der Waals surface area (Å²) in [5, 5.41) is 3.35. The number of nitrogens with one attached hydrogen (secondary N) is 1. The van der Waals surface area contributed by atoms with Gasteiger partial charge in [0.2, 0.25) is 5.95 Å². The van der Waals surface area contributed by atoms with Gasteiger partial charge in [0.1, 0.15) is 0 Å². The monoisotopic (exact) mass is 371 g/mol. The zero-order valence-corrected chi connectivity index (χ0v) is 13.3. The molecule has 2 aromatic rings. The number of imidazole rings is 1. The third-order valence-corrected chi connectivity index (χ3v) is 3.46. The predicted molar refractivity (Wildman–Crippen MR) is 86.0 cm³/mol. The van der Waals surface area contributed by atoms with E-state index in [0.29, 0.717) is 0 Å². The molecule has 19 heavy (non-hydrogen) atoms. The molecule has 0 aliphatic heterocycles. The van der Waals surface area contributed by atoms with Crippen LogP contribution < -0.4 is 5.32 Å². The first-order valence-electron chi connectivity index (χ1n) is 6.25. The summed E-state index contributed by atoms with van der Waals surface area (Å²) in [5.74, 6) is 0.884. The van der Waals surface area contributed by atoms with E-state index in [1.165, 1.54) is 3.57 Å². The number of ether oxygens (including phenoxy) is 1. The van der Waals surface area contributed by atoms with Gasteiger partial charge in [0.25, 0.3) is 0 Å².